The summed E-state index contributed by atoms with van der Waals surface area (Å²) in [4.78, 5) is 3.23. The topological polar surface area (TPSA) is 82.3 Å². The summed E-state index contributed by atoms with van der Waals surface area (Å²) in [6.45, 7) is 1.42. The van der Waals surface area contributed by atoms with Crippen LogP contribution in [0.1, 0.15) is 5.56 Å². The van der Waals surface area contributed by atoms with Crippen molar-refractivity contribution in [2.24, 2.45) is 5.14 Å². The molecule has 0 unspecified atom stereocenters. The molecule has 0 bridgehead atoms. The molecule has 5 nitrogen and oxygen atoms in total. The fourth-order valence-corrected chi connectivity index (χ4v) is 1.86. The molecule has 0 fully saturated rings. The Labute approximate surface area is 108 Å². The molecule has 2 N–H and O–H groups in total. The van der Waals surface area contributed by atoms with Crippen molar-refractivity contribution >= 4 is 32.6 Å². The Bertz CT molecular complexity index is 544. The van der Waals surface area contributed by atoms with Crippen molar-refractivity contribution in [3.05, 3.63) is 15.2 Å². The molecule has 1 rings (SSSR count). The molecule has 0 aliphatic rings. The van der Waals surface area contributed by atoms with Crippen LogP contribution in [0.3, 0.4) is 0 Å². The van der Waals surface area contributed by atoms with Gasteiger partial charge in [-0.05, 0) is 41.1 Å². The third kappa shape index (κ3) is 3.96. The average molecular weight is 382 g/mol. The number of ether oxygens (including phenoxy) is 1. The lowest BCUT2D eigenvalue weighted by atomic mass is 10.3. The van der Waals surface area contributed by atoms with Gasteiger partial charge in [0.15, 0.2) is 5.03 Å². The van der Waals surface area contributed by atoms with Crippen molar-refractivity contribution in [2.45, 2.75) is 18.3 Å². The molecular weight excluding hydrogens is 376 g/mol. The molecular formula is C7H6F3IN2O3S. The van der Waals surface area contributed by atoms with E-state index in [-0.39, 0.29) is 9.13 Å². The zero-order valence-electron chi connectivity index (χ0n) is 8.25. The van der Waals surface area contributed by atoms with Crippen LogP contribution in [0.15, 0.2) is 11.1 Å². The van der Waals surface area contributed by atoms with Crippen molar-refractivity contribution in [1.29, 1.82) is 0 Å². The van der Waals surface area contributed by atoms with Gasteiger partial charge in [-0.1, -0.05) is 0 Å². The molecule has 96 valence electrons. The van der Waals surface area contributed by atoms with Gasteiger partial charge in [-0.3, -0.25) is 0 Å². The van der Waals surface area contributed by atoms with E-state index in [1.54, 1.807) is 22.6 Å². The highest BCUT2D eigenvalue weighted by Gasteiger charge is 2.33. The summed E-state index contributed by atoms with van der Waals surface area (Å²) in [7, 11) is -4.18. The Morgan fingerprint density at radius 2 is 2.00 bits per heavy atom. The van der Waals surface area contributed by atoms with Crippen LogP contribution in [-0.4, -0.2) is 19.8 Å². The zero-order valence-corrected chi connectivity index (χ0v) is 11.2. The van der Waals surface area contributed by atoms with Crippen molar-refractivity contribution in [3.63, 3.8) is 0 Å². The number of nitrogens with zero attached hydrogens (tertiary/aromatic N) is 1. The number of hydrogen-bond acceptors (Lipinski definition) is 4. The van der Waals surface area contributed by atoms with E-state index in [1.807, 2.05) is 0 Å². The molecule has 0 aromatic carbocycles. The van der Waals surface area contributed by atoms with E-state index in [1.165, 1.54) is 6.92 Å². The van der Waals surface area contributed by atoms with Gasteiger partial charge in [0.25, 0.3) is 10.0 Å². The molecule has 1 aromatic rings. The monoisotopic (exact) mass is 382 g/mol. The van der Waals surface area contributed by atoms with Gasteiger partial charge in [0, 0.05) is 0 Å². The summed E-state index contributed by atoms with van der Waals surface area (Å²) in [5.74, 6) is -0.831. The Hall–Kier alpha value is -0.620. The molecule has 0 radical (unpaired) electrons. The summed E-state index contributed by atoms with van der Waals surface area (Å²) in [5.41, 5.74) is 0.267. The molecule has 0 atom stereocenters. The van der Waals surface area contributed by atoms with Crippen LogP contribution in [0.2, 0.25) is 0 Å². The first kappa shape index (κ1) is 14.4. The number of primary sulfonamides is 1. The number of hydrogen-bond donors (Lipinski definition) is 1. The molecule has 0 aliphatic heterocycles. The van der Waals surface area contributed by atoms with Crippen LogP contribution < -0.4 is 9.88 Å². The predicted octanol–water partition coefficient (Wildman–Crippen LogP) is 1.54. The van der Waals surface area contributed by atoms with Crippen LogP contribution in [0, 0.1) is 10.5 Å². The van der Waals surface area contributed by atoms with Crippen LogP contribution in [0.4, 0.5) is 13.2 Å². The van der Waals surface area contributed by atoms with Gasteiger partial charge in [-0.15, -0.1) is 13.2 Å². The summed E-state index contributed by atoms with van der Waals surface area (Å²) < 4.78 is 61.8. The number of aryl methyl sites for hydroxylation is 1. The zero-order chi connectivity index (χ0) is 13.4. The van der Waals surface area contributed by atoms with Gasteiger partial charge in [-0.25, -0.2) is 13.6 Å². The first-order valence-corrected chi connectivity index (χ1v) is 6.59. The number of rotatable bonds is 2. The molecule has 10 heteroatoms. The lowest BCUT2D eigenvalue weighted by Crippen LogP contribution is -2.21. The van der Waals surface area contributed by atoms with Gasteiger partial charge < -0.3 is 4.74 Å². The van der Waals surface area contributed by atoms with Crippen LogP contribution in [-0.2, 0) is 10.0 Å². The minimum absolute atomic E-state index is 0.0623. The quantitative estimate of drug-likeness (QED) is 0.787. The van der Waals surface area contributed by atoms with E-state index in [2.05, 4.69) is 9.72 Å². The number of pyridine rings is 1. The lowest BCUT2D eigenvalue weighted by molar-refractivity contribution is -0.276. The van der Waals surface area contributed by atoms with E-state index in [4.69, 9.17) is 5.14 Å². The fraction of sp³-hybridized carbons (Fsp3) is 0.286. The molecule has 1 heterocycles. The highest BCUT2D eigenvalue weighted by atomic mass is 127. The number of halogens is 4. The first-order valence-electron chi connectivity index (χ1n) is 3.96. The maximum atomic E-state index is 12.0. The Morgan fingerprint density at radius 1 is 1.47 bits per heavy atom. The molecule has 0 saturated carbocycles. The normalized spacial score (nSPS) is 12.6. The van der Waals surface area contributed by atoms with Crippen LogP contribution in [0.25, 0.3) is 0 Å². The second kappa shape index (κ2) is 4.57. The molecule has 1 aromatic heterocycles. The van der Waals surface area contributed by atoms with Crippen molar-refractivity contribution in [1.82, 2.24) is 4.98 Å². The molecule has 0 saturated heterocycles. The number of nitrogens with two attached hydrogens (primary N) is 1. The third-order valence-electron chi connectivity index (χ3n) is 1.59. The predicted molar refractivity (Wildman–Crippen MR) is 59.7 cm³/mol. The number of sulfonamides is 1. The molecule has 0 aliphatic carbocycles. The van der Waals surface area contributed by atoms with E-state index in [0.29, 0.717) is 0 Å². The highest BCUT2D eigenvalue weighted by molar-refractivity contribution is 14.1. The van der Waals surface area contributed by atoms with Crippen LogP contribution >= 0.6 is 22.6 Å². The maximum Gasteiger partial charge on any atom is 0.574 e. The Kier molecular flexibility index (Phi) is 3.88. The van der Waals surface area contributed by atoms with Gasteiger partial charge >= 0.3 is 6.36 Å². The second-order valence-electron chi connectivity index (χ2n) is 2.99. The first-order chi connectivity index (χ1) is 7.50. The van der Waals surface area contributed by atoms with Crippen LogP contribution in [0.5, 0.6) is 5.88 Å². The average Bonchev–Trinajstić information content (AvgIpc) is 2.08. The minimum atomic E-state index is -4.95. The molecule has 17 heavy (non-hydrogen) atoms. The second-order valence-corrected chi connectivity index (χ2v) is 5.58. The van der Waals surface area contributed by atoms with E-state index in [9.17, 15) is 21.6 Å². The van der Waals surface area contributed by atoms with Gasteiger partial charge in [0.05, 0.1) is 3.57 Å². The van der Waals surface area contributed by atoms with Crippen molar-refractivity contribution < 1.29 is 26.3 Å². The van der Waals surface area contributed by atoms with Crippen molar-refractivity contribution in [2.75, 3.05) is 0 Å². The standard InChI is InChI=1S/C7H6F3IN2O3S/c1-3-2-4(17(12,14)15)13-6(5(3)11)16-7(8,9)10/h2H,1H3,(H2,12,14,15). The number of aromatic nitrogens is 1. The van der Waals surface area contributed by atoms with E-state index >= 15 is 0 Å². The summed E-state index contributed by atoms with van der Waals surface area (Å²) >= 11 is 1.57. The van der Waals surface area contributed by atoms with E-state index < -0.39 is 27.3 Å². The highest BCUT2D eigenvalue weighted by Crippen LogP contribution is 2.29. The summed E-state index contributed by atoms with van der Waals surface area (Å²) in [6.07, 6.45) is -4.95. The maximum absolute atomic E-state index is 12.0. The molecule has 0 spiro atoms. The summed E-state index contributed by atoms with van der Waals surface area (Å²) in [5, 5.41) is 4.11. The van der Waals surface area contributed by atoms with Gasteiger partial charge in [0.2, 0.25) is 5.88 Å². The Balaban J connectivity index is 3.36. The SMILES string of the molecule is Cc1cc(S(N)(=O)=O)nc(OC(F)(F)F)c1I. The third-order valence-corrected chi connectivity index (χ3v) is 3.69. The lowest BCUT2D eigenvalue weighted by Gasteiger charge is -2.11. The van der Waals surface area contributed by atoms with Gasteiger partial charge in [-0.2, -0.15) is 4.98 Å². The van der Waals surface area contributed by atoms with Gasteiger partial charge in [0.1, 0.15) is 0 Å². The Morgan fingerprint density at radius 3 is 2.41 bits per heavy atom. The number of alkyl halides is 3. The smallest absolute Gasteiger partial charge is 0.387 e. The summed E-state index contributed by atoms with van der Waals surface area (Å²) in [6, 6.07) is 1.07. The minimum Gasteiger partial charge on any atom is -0.387 e. The molecule has 0 amide bonds. The van der Waals surface area contributed by atoms with Crippen molar-refractivity contribution in [3.8, 4) is 5.88 Å². The fourth-order valence-electron chi connectivity index (χ4n) is 0.922. The van der Waals surface area contributed by atoms with E-state index in [0.717, 1.165) is 6.07 Å². The largest absolute Gasteiger partial charge is 0.574 e.